The maximum Gasteiger partial charge on any atom is 0.322 e. The maximum absolute atomic E-state index is 11.9. The minimum absolute atomic E-state index is 0.278. The highest BCUT2D eigenvalue weighted by atomic mass is 16.4. The van der Waals surface area contributed by atoms with Crippen molar-refractivity contribution in [3.63, 3.8) is 0 Å². The lowest BCUT2D eigenvalue weighted by Gasteiger charge is -2.17. The van der Waals surface area contributed by atoms with Gasteiger partial charge >= 0.3 is 5.97 Å². The number of carboxylic acid groups (broad SMARTS) is 1. The van der Waals surface area contributed by atoms with E-state index in [-0.39, 0.29) is 12.5 Å². The van der Waals surface area contributed by atoms with Crippen molar-refractivity contribution in [3.05, 3.63) is 35.9 Å². The number of nitrogens with one attached hydrogen (secondary N) is 2. The van der Waals surface area contributed by atoms with Crippen molar-refractivity contribution in [3.8, 4) is 0 Å². The molecule has 1 aromatic carbocycles. The van der Waals surface area contributed by atoms with E-state index in [0.717, 1.165) is 18.5 Å². The predicted octanol–water partition coefficient (Wildman–Crippen LogP) is 0.798. The van der Waals surface area contributed by atoms with E-state index in [1.165, 1.54) is 0 Å². The Hall–Kier alpha value is -1.88. The molecule has 5 nitrogen and oxygen atoms in total. The van der Waals surface area contributed by atoms with E-state index in [0.29, 0.717) is 6.42 Å². The van der Waals surface area contributed by atoms with Crippen molar-refractivity contribution in [1.82, 2.24) is 10.6 Å². The molecule has 0 aliphatic carbocycles. The monoisotopic (exact) mass is 264 g/mol. The Morgan fingerprint density at radius 1 is 1.26 bits per heavy atom. The van der Waals surface area contributed by atoms with Crippen LogP contribution in [0.3, 0.4) is 0 Å². The topological polar surface area (TPSA) is 78.4 Å². The number of benzene rings is 1. The highest BCUT2D eigenvalue weighted by Crippen LogP contribution is 2.03. The van der Waals surface area contributed by atoms with Gasteiger partial charge in [-0.3, -0.25) is 9.59 Å². The first-order valence-corrected chi connectivity index (χ1v) is 6.40. The van der Waals surface area contributed by atoms with Crippen LogP contribution in [0.5, 0.6) is 0 Å². The van der Waals surface area contributed by atoms with Gasteiger partial charge in [-0.2, -0.15) is 0 Å². The van der Waals surface area contributed by atoms with Crippen LogP contribution in [-0.4, -0.2) is 36.1 Å². The van der Waals surface area contributed by atoms with E-state index < -0.39 is 12.0 Å². The number of carbonyl (C=O) groups excluding carboxylic acids is 1. The van der Waals surface area contributed by atoms with Gasteiger partial charge in [0.1, 0.15) is 6.54 Å². The fourth-order valence-electron chi connectivity index (χ4n) is 1.71. The van der Waals surface area contributed by atoms with Gasteiger partial charge in [0.05, 0.1) is 6.04 Å². The Labute approximate surface area is 113 Å². The highest BCUT2D eigenvalue weighted by molar-refractivity contribution is 5.85. The molecule has 5 heteroatoms. The molecule has 0 radical (unpaired) electrons. The summed E-state index contributed by atoms with van der Waals surface area (Å²) in [6, 6.07) is 9.25. The van der Waals surface area contributed by atoms with Crippen molar-refractivity contribution in [2.75, 3.05) is 13.1 Å². The van der Waals surface area contributed by atoms with Gasteiger partial charge in [0, 0.05) is 0 Å². The summed E-state index contributed by atoms with van der Waals surface area (Å²) in [6.45, 7) is 2.39. The lowest BCUT2D eigenvalue weighted by molar-refractivity contribution is -0.138. The summed E-state index contributed by atoms with van der Waals surface area (Å²) in [5, 5.41) is 14.1. The van der Waals surface area contributed by atoms with Crippen LogP contribution >= 0.6 is 0 Å². The summed E-state index contributed by atoms with van der Waals surface area (Å²) in [6.07, 6.45) is 1.46. The van der Waals surface area contributed by atoms with E-state index >= 15 is 0 Å². The standard InChI is InChI=1S/C14H20N2O3/c1-2-8-15-12(14(19)16-10-13(17)18)9-11-6-4-3-5-7-11/h3-7,12,15H,2,8-10H2,1H3,(H,16,19)(H,17,18). The van der Waals surface area contributed by atoms with Crippen molar-refractivity contribution < 1.29 is 14.7 Å². The van der Waals surface area contributed by atoms with E-state index in [2.05, 4.69) is 10.6 Å². The Morgan fingerprint density at radius 3 is 2.53 bits per heavy atom. The van der Waals surface area contributed by atoms with Crippen LogP contribution < -0.4 is 10.6 Å². The molecule has 0 saturated heterocycles. The summed E-state index contributed by atoms with van der Waals surface area (Å²) in [5.74, 6) is -1.32. The molecule has 1 amide bonds. The third kappa shape index (κ3) is 6.01. The van der Waals surface area contributed by atoms with Gasteiger partial charge in [-0.05, 0) is 24.9 Å². The second kappa shape index (κ2) is 8.26. The third-order valence-corrected chi connectivity index (χ3v) is 2.65. The molecule has 1 atom stereocenters. The Bertz CT molecular complexity index is 406. The molecule has 0 aromatic heterocycles. The molecular formula is C14H20N2O3. The molecule has 0 aliphatic heterocycles. The molecule has 0 aliphatic rings. The Kier molecular flexibility index (Phi) is 6.60. The van der Waals surface area contributed by atoms with Crippen LogP contribution in [0.2, 0.25) is 0 Å². The van der Waals surface area contributed by atoms with Crippen LogP contribution in [0.25, 0.3) is 0 Å². The number of aliphatic carboxylic acids is 1. The van der Waals surface area contributed by atoms with Gasteiger partial charge in [0.2, 0.25) is 5.91 Å². The van der Waals surface area contributed by atoms with E-state index in [4.69, 9.17) is 5.11 Å². The van der Waals surface area contributed by atoms with Crippen LogP contribution in [0.15, 0.2) is 30.3 Å². The fraction of sp³-hybridized carbons (Fsp3) is 0.429. The number of carbonyl (C=O) groups is 2. The highest BCUT2D eigenvalue weighted by Gasteiger charge is 2.18. The van der Waals surface area contributed by atoms with Crippen LogP contribution in [0.4, 0.5) is 0 Å². The van der Waals surface area contributed by atoms with Gasteiger partial charge in [-0.1, -0.05) is 37.3 Å². The van der Waals surface area contributed by atoms with Crippen molar-refractivity contribution in [2.45, 2.75) is 25.8 Å². The Morgan fingerprint density at radius 2 is 1.95 bits per heavy atom. The quantitative estimate of drug-likeness (QED) is 0.649. The zero-order chi connectivity index (χ0) is 14.1. The lowest BCUT2D eigenvalue weighted by atomic mass is 10.1. The molecule has 19 heavy (non-hydrogen) atoms. The lowest BCUT2D eigenvalue weighted by Crippen LogP contribution is -2.47. The van der Waals surface area contributed by atoms with Gasteiger partial charge in [-0.15, -0.1) is 0 Å². The van der Waals surface area contributed by atoms with Crippen LogP contribution in [-0.2, 0) is 16.0 Å². The molecule has 1 aromatic rings. The molecule has 0 heterocycles. The minimum atomic E-state index is -1.04. The van der Waals surface area contributed by atoms with Gasteiger partial charge < -0.3 is 15.7 Å². The first-order valence-electron chi connectivity index (χ1n) is 6.40. The second-order valence-electron chi connectivity index (χ2n) is 4.31. The van der Waals surface area contributed by atoms with E-state index in [1.807, 2.05) is 37.3 Å². The van der Waals surface area contributed by atoms with Crippen LogP contribution in [0.1, 0.15) is 18.9 Å². The maximum atomic E-state index is 11.9. The zero-order valence-corrected chi connectivity index (χ0v) is 11.1. The molecule has 0 saturated carbocycles. The van der Waals surface area contributed by atoms with Crippen LogP contribution in [0, 0.1) is 0 Å². The molecule has 0 bridgehead atoms. The summed E-state index contributed by atoms with van der Waals surface area (Å²) >= 11 is 0. The molecule has 104 valence electrons. The number of hydrogen-bond donors (Lipinski definition) is 3. The minimum Gasteiger partial charge on any atom is -0.480 e. The van der Waals surface area contributed by atoms with Crippen molar-refractivity contribution in [2.24, 2.45) is 0 Å². The average molecular weight is 264 g/mol. The summed E-state index contributed by atoms with van der Waals surface area (Å²) < 4.78 is 0. The third-order valence-electron chi connectivity index (χ3n) is 2.65. The van der Waals surface area contributed by atoms with Gasteiger partial charge in [0.25, 0.3) is 0 Å². The molecule has 0 fully saturated rings. The second-order valence-corrected chi connectivity index (χ2v) is 4.31. The molecular weight excluding hydrogens is 244 g/mol. The molecule has 1 rings (SSSR count). The fourth-order valence-corrected chi connectivity index (χ4v) is 1.71. The van der Waals surface area contributed by atoms with Gasteiger partial charge in [-0.25, -0.2) is 0 Å². The predicted molar refractivity (Wildman–Crippen MR) is 72.9 cm³/mol. The molecule has 3 N–H and O–H groups in total. The number of carboxylic acids is 1. The van der Waals surface area contributed by atoms with Gasteiger partial charge in [0.15, 0.2) is 0 Å². The largest absolute Gasteiger partial charge is 0.480 e. The molecule has 1 unspecified atom stereocenters. The SMILES string of the molecule is CCCNC(Cc1ccccc1)C(=O)NCC(=O)O. The number of hydrogen-bond acceptors (Lipinski definition) is 3. The van der Waals surface area contributed by atoms with E-state index in [1.54, 1.807) is 0 Å². The zero-order valence-electron chi connectivity index (χ0n) is 11.1. The van der Waals surface area contributed by atoms with Crippen molar-refractivity contribution in [1.29, 1.82) is 0 Å². The van der Waals surface area contributed by atoms with Crippen molar-refractivity contribution >= 4 is 11.9 Å². The average Bonchev–Trinajstić information content (AvgIpc) is 2.41. The summed E-state index contributed by atoms with van der Waals surface area (Å²) in [4.78, 5) is 22.4. The smallest absolute Gasteiger partial charge is 0.322 e. The Balaban J connectivity index is 2.60. The normalized spacial score (nSPS) is 11.8. The summed E-state index contributed by atoms with van der Waals surface area (Å²) in [5.41, 5.74) is 1.04. The molecule has 0 spiro atoms. The van der Waals surface area contributed by atoms with E-state index in [9.17, 15) is 9.59 Å². The first-order chi connectivity index (χ1) is 9.13. The first kappa shape index (κ1) is 15.2. The number of amides is 1. The summed E-state index contributed by atoms with van der Waals surface area (Å²) in [7, 11) is 0. The number of rotatable bonds is 8.